The summed E-state index contributed by atoms with van der Waals surface area (Å²) < 4.78 is 0. The van der Waals surface area contributed by atoms with Crippen LogP contribution in [0.3, 0.4) is 0 Å². The van der Waals surface area contributed by atoms with Crippen molar-refractivity contribution in [2.75, 3.05) is 0 Å². The number of hydrogen-bond acceptors (Lipinski definition) is 4. The Morgan fingerprint density at radius 1 is 1.71 bits per heavy atom. The van der Waals surface area contributed by atoms with E-state index in [-0.39, 0.29) is 10.7 Å². The summed E-state index contributed by atoms with van der Waals surface area (Å²) in [5.41, 5.74) is -0.591. The van der Waals surface area contributed by atoms with Gasteiger partial charge < -0.3 is 5.11 Å². The third-order valence-corrected chi connectivity index (χ3v) is 1.76. The van der Waals surface area contributed by atoms with E-state index in [0.717, 1.165) is 0 Å². The van der Waals surface area contributed by atoms with Crippen molar-refractivity contribution in [1.82, 2.24) is 4.98 Å². The number of carboxylic acids is 1. The lowest BCUT2D eigenvalue weighted by molar-refractivity contribution is -0.385. The van der Waals surface area contributed by atoms with E-state index in [2.05, 4.69) is 4.98 Å². The molecule has 6 nitrogen and oxygen atoms in total. The number of carboxylic acid groups (broad SMARTS) is 1. The van der Waals surface area contributed by atoms with E-state index >= 15 is 0 Å². The molecule has 1 heterocycles. The number of hydrogen-bond donors (Lipinski definition) is 1. The van der Waals surface area contributed by atoms with E-state index in [1.54, 1.807) is 0 Å². The molecular formula is C7H5ClN2O4. The van der Waals surface area contributed by atoms with Crippen LogP contribution in [0.25, 0.3) is 0 Å². The highest BCUT2D eigenvalue weighted by atomic mass is 35.5. The largest absolute Gasteiger partial charge is 0.481 e. The summed E-state index contributed by atoms with van der Waals surface area (Å²) in [4.78, 5) is 23.7. The van der Waals surface area contributed by atoms with Gasteiger partial charge in [0.25, 0.3) is 0 Å². The molecule has 0 unspecified atom stereocenters. The van der Waals surface area contributed by atoms with Crippen LogP contribution in [-0.4, -0.2) is 21.0 Å². The maximum absolute atomic E-state index is 10.5. The molecule has 7 heteroatoms. The summed E-state index contributed by atoms with van der Waals surface area (Å²) in [6, 6.07) is 1.24. The Morgan fingerprint density at radius 2 is 2.36 bits per heavy atom. The lowest BCUT2D eigenvalue weighted by atomic mass is 10.2. The fourth-order valence-electron chi connectivity index (χ4n) is 0.936. The average molecular weight is 217 g/mol. The molecule has 0 aliphatic carbocycles. The predicted molar refractivity (Wildman–Crippen MR) is 47.2 cm³/mol. The number of nitro groups is 1. The van der Waals surface area contributed by atoms with Gasteiger partial charge >= 0.3 is 11.7 Å². The third kappa shape index (κ3) is 2.17. The number of carbonyl (C=O) groups is 1. The second kappa shape index (κ2) is 4.01. The smallest absolute Gasteiger partial charge is 0.309 e. The summed E-state index contributed by atoms with van der Waals surface area (Å²) in [6.07, 6.45) is 0.713. The van der Waals surface area contributed by atoms with Crippen molar-refractivity contribution in [3.63, 3.8) is 0 Å². The first kappa shape index (κ1) is 10.4. The molecule has 0 radical (unpaired) electrons. The first-order valence-electron chi connectivity index (χ1n) is 3.52. The highest BCUT2D eigenvalue weighted by Crippen LogP contribution is 2.26. The van der Waals surface area contributed by atoms with Crippen molar-refractivity contribution in [3.8, 4) is 0 Å². The molecule has 0 bridgehead atoms. The lowest BCUT2D eigenvalue weighted by Gasteiger charge is -1.99. The topological polar surface area (TPSA) is 93.3 Å². The van der Waals surface area contributed by atoms with Gasteiger partial charge in [-0.2, -0.15) is 0 Å². The summed E-state index contributed by atoms with van der Waals surface area (Å²) in [6.45, 7) is 0. The molecule has 0 saturated heterocycles. The molecule has 0 aliphatic heterocycles. The van der Waals surface area contributed by atoms with Gasteiger partial charge in [-0.05, 0) is 6.07 Å². The molecule has 0 saturated carbocycles. The summed E-state index contributed by atoms with van der Waals surface area (Å²) >= 11 is 5.53. The van der Waals surface area contributed by atoms with Crippen molar-refractivity contribution < 1.29 is 14.8 Å². The van der Waals surface area contributed by atoms with Gasteiger partial charge in [-0.25, -0.2) is 0 Å². The van der Waals surface area contributed by atoms with Crippen LogP contribution >= 0.6 is 11.6 Å². The highest BCUT2D eigenvalue weighted by Gasteiger charge is 2.21. The van der Waals surface area contributed by atoms with Crippen LogP contribution in [-0.2, 0) is 11.2 Å². The average Bonchev–Trinajstić information content (AvgIpc) is 2.01. The number of halogens is 1. The van der Waals surface area contributed by atoms with Gasteiger partial charge in [0.1, 0.15) is 10.7 Å². The van der Waals surface area contributed by atoms with Crippen LogP contribution in [0.2, 0.25) is 5.02 Å². The Balaban J connectivity index is 3.21. The van der Waals surface area contributed by atoms with Crippen LogP contribution in [0.15, 0.2) is 12.3 Å². The molecule has 1 aromatic heterocycles. The van der Waals surface area contributed by atoms with Gasteiger partial charge in [0.15, 0.2) is 0 Å². The first-order chi connectivity index (χ1) is 6.52. The minimum Gasteiger partial charge on any atom is -0.481 e. The molecule has 14 heavy (non-hydrogen) atoms. The predicted octanol–water partition coefficient (Wildman–Crippen LogP) is 1.27. The molecule has 0 fully saturated rings. The molecule has 0 spiro atoms. The second-order valence-corrected chi connectivity index (χ2v) is 2.82. The van der Waals surface area contributed by atoms with Gasteiger partial charge in [-0.3, -0.25) is 19.9 Å². The standard InChI is InChI=1S/C7H5ClN2O4/c8-4-1-2-9-5(3-6(11)12)7(4)10(13)14/h1-2H,3H2,(H,11,12). The fraction of sp³-hybridized carbons (Fsp3) is 0.143. The molecule has 0 aromatic carbocycles. The number of rotatable bonds is 3. The van der Waals surface area contributed by atoms with Gasteiger partial charge in [-0.1, -0.05) is 11.6 Å². The third-order valence-electron chi connectivity index (χ3n) is 1.45. The van der Waals surface area contributed by atoms with Crippen LogP contribution in [0.4, 0.5) is 5.69 Å². The number of aromatic nitrogens is 1. The van der Waals surface area contributed by atoms with E-state index < -0.39 is 23.0 Å². The number of aliphatic carboxylic acids is 1. The Morgan fingerprint density at radius 3 is 2.86 bits per heavy atom. The van der Waals surface area contributed by atoms with Crippen molar-refractivity contribution in [2.24, 2.45) is 0 Å². The van der Waals surface area contributed by atoms with E-state index in [0.29, 0.717) is 0 Å². The second-order valence-electron chi connectivity index (χ2n) is 2.42. The van der Waals surface area contributed by atoms with Crippen molar-refractivity contribution in [3.05, 3.63) is 33.1 Å². The maximum Gasteiger partial charge on any atom is 0.309 e. The Kier molecular flexibility index (Phi) is 2.98. The zero-order chi connectivity index (χ0) is 10.7. The molecular weight excluding hydrogens is 212 g/mol. The van der Waals surface area contributed by atoms with Crippen LogP contribution in [0.5, 0.6) is 0 Å². The quantitative estimate of drug-likeness (QED) is 0.607. The first-order valence-corrected chi connectivity index (χ1v) is 3.89. The van der Waals surface area contributed by atoms with Gasteiger partial charge in [0.2, 0.25) is 0 Å². The summed E-state index contributed by atoms with van der Waals surface area (Å²) in [5, 5.41) is 18.9. The van der Waals surface area contributed by atoms with Gasteiger partial charge in [-0.15, -0.1) is 0 Å². The van der Waals surface area contributed by atoms with Crippen LogP contribution < -0.4 is 0 Å². The van der Waals surface area contributed by atoms with Crippen molar-refractivity contribution in [2.45, 2.75) is 6.42 Å². The Bertz CT molecular complexity index is 393. The van der Waals surface area contributed by atoms with E-state index in [1.807, 2.05) is 0 Å². The van der Waals surface area contributed by atoms with Gasteiger partial charge in [0, 0.05) is 6.20 Å². The summed E-state index contributed by atoms with van der Waals surface area (Å²) in [5.74, 6) is -1.19. The maximum atomic E-state index is 10.5. The van der Waals surface area contributed by atoms with Crippen LogP contribution in [0, 0.1) is 10.1 Å². The van der Waals surface area contributed by atoms with E-state index in [9.17, 15) is 14.9 Å². The molecule has 0 amide bonds. The van der Waals surface area contributed by atoms with Crippen molar-refractivity contribution in [1.29, 1.82) is 0 Å². The summed E-state index contributed by atoms with van der Waals surface area (Å²) in [7, 11) is 0. The Hall–Kier alpha value is -1.69. The molecule has 74 valence electrons. The van der Waals surface area contributed by atoms with E-state index in [1.165, 1.54) is 12.3 Å². The van der Waals surface area contributed by atoms with Gasteiger partial charge in [0.05, 0.1) is 11.3 Å². The zero-order valence-corrected chi connectivity index (χ0v) is 7.56. The molecule has 0 aliphatic rings. The minimum atomic E-state index is -1.19. The monoisotopic (exact) mass is 216 g/mol. The highest BCUT2D eigenvalue weighted by molar-refractivity contribution is 6.32. The Labute approximate surface area is 83.3 Å². The number of pyridine rings is 1. The normalized spacial score (nSPS) is 9.79. The fourth-order valence-corrected chi connectivity index (χ4v) is 1.17. The van der Waals surface area contributed by atoms with Crippen molar-refractivity contribution >= 4 is 23.3 Å². The lowest BCUT2D eigenvalue weighted by Crippen LogP contribution is -2.06. The minimum absolute atomic E-state index is 0.110. The molecule has 1 N–H and O–H groups in total. The molecule has 1 aromatic rings. The molecule has 0 atom stereocenters. The number of nitrogens with zero attached hydrogens (tertiary/aromatic N) is 2. The van der Waals surface area contributed by atoms with Crippen LogP contribution in [0.1, 0.15) is 5.69 Å². The zero-order valence-electron chi connectivity index (χ0n) is 6.81. The molecule has 1 rings (SSSR count). The van der Waals surface area contributed by atoms with E-state index in [4.69, 9.17) is 16.7 Å². The SMILES string of the molecule is O=C(O)Cc1nccc(Cl)c1[N+](=O)[O-].